The van der Waals surface area contributed by atoms with E-state index in [2.05, 4.69) is 17.3 Å². The minimum Gasteiger partial charge on any atom is -0.493 e. The lowest BCUT2D eigenvalue weighted by molar-refractivity contribution is -0.0784. The minimum atomic E-state index is -0.153. The second-order valence-electron chi connectivity index (χ2n) is 5.65. The Hall–Kier alpha value is -1.82. The van der Waals surface area contributed by atoms with E-state index >= 15 is 0 Å². The maximum atomic E-state index is 6.25. The monoisotopic (exact) mass is 255 g/mol. The maximum absolute atomic E-state index is 6.25. The van der Waals surface area contributed by atoms with Crippen LogP contribution < -0.4 is 14.8 Å². The number of terminal acetylenes is 1. The van der Waals surface area contributed by atoms with Gasteiger partial charge in [0, 0.05) is 11.6 Å². The van der Waals surface area contributed by atoms with Crippen LogP contribution >= 0.6 is 0 Å². The zero-order valence-corrected chi connectivity index (χ0v) is 11.0. The molecule has 0 amide bonds. The molecule has 2 heterocycles. The number of rotatable bonds is 1. The normalized spacial score (nSPS) is 33.7. The van der Waals surface area contributed by atoms with Gasteiger partial charge < -0.3 is 14.8 Å². The van der Waals surface area contributed by atoms with Gasteiger partial charge in [-0.3, -0.25) is 0 Å². The summed E-state index contributed by atoms with van der Waals surface area (Å²) in [7, 11) is 1.69. The molecule has 1 aliphatic carbocycles. The Morgan fingerprint density at radius 3 is 3.16 bits per heavy atom. The van der Waals surface area contributed by atoms with E-state index in [0.29, 0.717) is 5.92 Å². The topological polar surface area (TPSA) is 30.5 Å². The van der Waals surface area contributed by atoms with Crippen molar-refractivity contribution in [1.82, 2.24) is 0 Å². The van der Waals surface area contributed by atoms with Crippen LogP contribution in [0.5, 0.6) is 11.5 Å². The highest BCUT2D eigenvalue weighted by Crippen LogP contribution is 2.63. The van der Waals surface area contributed by atoms with Gasteiger partial charge in [0.25, 0.3) is 0 Å². The first-order valence-electron chi connectivity index (χ1n) is 6.93. The summed E-state index contributed by atoms with van der Waals surface area (Å²) < 4.78 is 11.6. The molecule has 19 heavy (non-hydrogen) atoms. The lowest BCUT2D eigenvalue weighted by atomic mass is 9.63. The van der Waals surface area contributed by atoms with Gasteiger partial charge in [-0.05, 0) is 31.4 Å². The fraction of sp³-hybridized carbons (Fsp3) is 0.500. The summed E-state index contributed by atoms with van der Waals surface area (Å²) in [5, 5.41) is 3.49. The fourth-order valence-corrected chi connectivity index (χ4v) is 4.02. The lowest BCUT2D eigenvalue weighted by Crippen LogP contribution is -2.58. The van der Waals surface area contributed by atoms with Gasteiger partial charge in [-0.25, -0.2) is 0 Å². The van der Waals surface area contributed by atoms with Crippen LogP contribution in [0.4, 0.5) is 5.69 Å². The van der Waals surface area contributed by atoms with Crippen LogP contribution in [0.2, 0.25) is 0 Å². The number of nitrogens with one attached hydrogen (secondary N) is 1. The van der Waals surface area contributed by atoms with Gasteiger partial charge in [0.1, 0.15) is 5.60 Å². The first-order valence-corrected chi connectivity index (χ1v) is 6.93. The van der Waals surface area contributed by atoms with E-state index in [1.165, 1.54) is 18.4 Å². The Labute approximate surface area is 113 Å². The summed E-state index contributed by atoms with van der Waals surface area (Å²) in [5.41, 5.74) is 2.27. The van der Waals surface area contributed by atoms with E-state index in [1.807, 2.05) is 6.07 Å². The largest absolute Gasteiger partial charge is 0.493 e. The standard InChI is InChI=1S/C16H17NO2/c1-3-11-10-6-4-5-9-16(10)14-12(17-11)7-8-13(18-2)15(14)19-16/h1,7-8,10-11,17H,4-6,9H2,2H3. The van der Waals surface area contributed by atoms with E-state index in [0.717, 1.165) is 30.0 Å². The Morgan fingerprint density at radius 2 is 2.37 bits per heavy atom. The van der Waals surface area contributed by atoms with Crippen LogP contribution in [0.1, 0.15) is 31.2 Å². The SMILES string of the molecule is C#CC1Nc2ccc(OC)c3c2C2(CCCCC12)O3. The molecule has 4 rings (SSSR count). The van der Waals surface area contributed by atoms with Gasteiger partial charge >= 0.3 is 0 Å². The molecule has 3 heteroatoms. The number of hydrogen-bond donors (Lipinski definition) is 1. The van der Waals surface area contributed by atoms with Crippen LogP contribution in [-0.2, 0) is 5.60 Å². The van der Waals surface area contributed by atoms with Crippen LogP contribution in [-0.4, -0.2) is 13.2 Å². The molecular formula is C16H17NO2. The molecular weight excluding hydrogens is 238 g/mol. The van der Waals surface area contributed by atoms with Crippen molar-refractivity contribution >= 4 is 5.69 Å². The van der Waals surface area contributed by atoms with Crippen molar-refractivity contribution in [1.29, 1.82) is 0 Å². The third-order valence-electron chi connectivity index (χ3n) is 4.85. The van der Waals surface area contributed by atoms with E-state index in [-0.39, 0.29) is 11.6 Å². The number of ether oxygens (including phenoxy) is 2. The highest BCUT2D eigenvalue weighted by Gasteiger charge is 2.59. The van der Waals surface area contributed by atoms with E-state index in [1.54, 1.807) is 7.11 Å². The Bertz CT molecular complexity index is 589. The minimum absolute atomic E-state index is 0.0781. The molecule has 1 N–H and O–H groups in total. The van der Waals surface area contributed by atoms with Crippen LogP contribution in [0.15, 0.2) is 12.1 Å². The average molecular weight is 255 g/mol. The third-order valence-corrected chi connectivity index (χ3v) is 4.85. The van der Waals surface area contributed by atoms with Crippen LogP contribution in [0.25, 0.3) is 0 Å². The van der Waals surface area contributed by atoms with Crippen LogP contribution in [0, 0.1) is 18.3 Å². The molecule has 0 saturated heterocycles. The Balaban J connectivity index is 1.90. The van der Waals surface area contributed by atoms with Crippen molar-refractivity contribution in [3.05, 3.63) is 17.7 Å². The quantitative estimate of drug-likeness (QED) is 0.783. The van der Waals surface area contributed by atoms with Gasteiger partial charge in [-0.1, -0.05) is 12.3 Å². The molecule has 3 nitrogen and oxygen atoms in total. The average Bonchev–Trinajstić information content (AvgIpc) is 2.44. The number of hydrogen-bond acceptors (Lipinski definition) is 3. The molecule has 1 spiro atoms. The predicted octanol–water partition coefficient (Wildman–Crippen LogP) is 2.90. The second kappa shape index (κ2) is 3.60. The summed E-state index contributed by atoms with van der Waals surface area (Å²) in [6.07, 6.45) is 10.4. The van der Waals surface area contributed by atoms with Gasteiger partial charge in [-0.2, -0.15) is 0 Å². The second-order valence-corrected chi connectivity index (χ2v) is 5.65. The zero-order chi connectivity index (χ0) is 13.0. The highest BCUT2D eigenvalue weighted by molar-refractivity contribution is 5.72. The van der Waals surface area contributed by atoms with Crippen molar-refractivity contribution in [2.75, 3.05) is 12.4 Å². The van der Waals surface area contributed by atoms with Crippen LogP contribution in [0.3, 0.4) is 0 Å². The molecule has 3 atom stereocenters. The van der Waals surface area contributed by atoms with E-state index in [9.17, 15) is 0 Å². The number of benzene rings is 1. The summed E-state index contributed by atoms with van der Waals surface area (Å²) >= 11 is 0. The van der Waals surface area contributed by atoms with Crippen molar-refractivity contribution in [2.45, 2.75) is 37.3 Å². The van der Waals surface area contributed by atoms with E-state index < -0.39 is 0 Å². The predicted molar refractivity (Wildman–Crippen MR) is 73.5 cm³/mol. The smallest absolute Gasteiger partial charge is 0.171 e. The molecule has 0 bridgehead atoms. The molecule has 0 radical (unpaired) electrons. The number of anilines is 1. The fourth-order valence-electron chi connectivity index (χ4n) is 4.02. The molecule has 1 fully saturated rings. The summed E-state index contributed by atoms with van der Waals surface area (Å²) in [6, 6.07) is 4.09. The third kappa shape index (κ3) is 1.19. The summed E-state index contributed by atoms with van der Waals surface area (Å²) in [5.74, 6) is 5.03. The maximum Gasteiger partial charge on any atom is 0.171 e. The van der Waals surface area contributed by atoms with Gasteiger partial charge in [0.15, 0.2) is 11.5 Å². The molecule has 3 aliphatic rings. The van der Waals surface area contributed by atoms with Crippen molar-refractivity contribution in [2.24, 2.45) is 5.92 Å². The molecule has 2 aliphatic heterocycles. The molecule has 1 saturated carbocycles. The zero-order valence-electron chi connectivity index (χ0n) is 11.0. The summed E-state index contributed by atoms with van der Waals surface area (Å²) in [6.45, 7) is 0. The first kappa shape index (κ1) is 11.0. The Morgan fingerprint density at radius 1 is 1.47 bits per heavy atom. The molecule has 1 aromatic carbocycles. The van der Waals surface area contributed by atoms with E-state index in [4.69, 9.17) is 15.9 Å². The van der Waals surface area contributed by atoms with Gasteiger partial charge in [0.2, 0.25) is 0 Å². The Kier molecular flexibility index (Phi) is 2.09. The van der Waals surface area contributed by atoms with Crippen molar-refractivity contribution < 1.29 is 9.47 Å². The van der Waals surface area contributed by atoms with Gasteiger partial charge in [-0.15, -0.1) is 6.42 Å². The number of methoxy groups -OCH3 is 1. The molecule has 0 aromatic heterocycles. The molecule has 98 valence electrons. The molecule has 1 aromatic rings. The van der Waals surface area contributed by atoms with Crippen molar-refractivity contribution in [3.63, 3.8) is 0 Å². The lowest BCUT2D eigenvalue weighted by Gasteiger charge is -2.56. The molecule has 3 unspecified atom stereocenters. The highest BCUT2D eigenvalue weighted by atomic mass is 16.5. The van der Waals surface area contributed by atoms with Gasteiger partial charge in [0.05, 0.1) is 18.7 Å². The summed E-state index contributed by atoms with van der Waals surface area (Å²) in [4.78, 5) is 0. The first-order chi connectivity index (χ1) is 9.30. The van der Waals surface area contributed by atoms with Crippen molar-refractivity contribution in [3.8, 4) is 23.8 Å².